The van der Waals surface area contributed by atoms with Crippen molar-refractivity contribution in [1.82, 2.24) is 4.90 Å². The van der Waals surface area contributed by atoms with Crippen LogP contribution >= 0.6 is 0 Å². The quantitative estimate of drug-likeness (QED) is 0.747. The summed E-state index contributed by atoms with van der Waals surface area (Å²) in [7, 11) is 1.91. The van der Waals surface area contributed by atoms with E-state index < -0.39 is 0 Å². The number of likely N-dealkylation sites (N-methyl/N-ethyl adjacent to an activating group) is 1. The van der Waals surface area contributed by atoms with E-state index in [0.717, 1.165) is 5.56 Å². The maximum absolute atomic E-state index is 13.2. The van der Waals surface area contributed by atoms with Crippen molar-refractivity contribution < 1.29 is 9.18 Å². The highest BCUT2D eigenvalue weighted by atomic mass is 19.1. The third-order valence-corrected chi connectivity index (χ3v) is 4.38. The minimum absolute atomic E-state index is 0.158. The number of fused-ring (bicyclic) bond motifs is 1. The second kappa shape index (κ2) is 7.45. The van der Waals surface area contributed by atoms with Gasteiger partial charge in [0.15, 0.2) is 0 Å². The van der Waals surface area contributed by atoms with Crippen molar-refractivity contribution in [2.75, 3.05) is 12.4 Å². The van der Waals surface area contributed by atoms with Gasteiger partial charge < -0.3 is 5.32 Å². The first-order valence-corrected chi connectivity index (χ1v) is 8.27. The number of nitrogens with zero attached hydrogens (tertiary/aromatic N) is 1. The van der Waals surface area contributed by atoms with Crippen LogP contribution in [-0.4, -0.2) is 23.9 Å². The number of rotatable bonds is 5. The molecule has 3 rings (SSSR count). The van der Waals surface area contributed by atoms with Crippen LogP contribution in [0.1, 0.15) is 12.5 Å². The number of halogens is 1. The first-order valence-electron chi connectivity index (χ1n) is 8.27. The van der Waals surface area contributed by atoms with E-state index in [1.165, 1.54) is 22.9 Å². The predicted molar refractivity (Wildman–Crippen MR) is 99.9 cm³/mol. The van der Waals surface area contributed by atoms with Crippen LogP contribution in [0.2, 0.25) is 0 Å². The fraction of sp³-hybridized carbons (Fsp3) is 0.190. The zero-order chi connectivity index (χ0) is 17.8. The highest BCUT2D eigenvalue weighted by molar-refractivity contribution is 5.94. The van der Waals surface area contributed by atoms with E-state index in [2.05, 4.69) is 35.6 Å². The first kappa shape index (κ1) is 17.1. The lowest BCUT2D eigenvalue weighted by atomic mass is 10.1. The summed E-state index contributed by atoms with van der Waals surface area (Å²) in [6.07, 6.45) is 0. The molecule has 128 valence electrons. The lowest BCUT2D eigenvalue weighted by Crippen LogP contribution is -2.39. The Balaban J connectivity index is 1.66. The number of carbonyl (C=O) groups excluding carboxylic acids is 1. The van der Waals surface area contributed by atoms with Gasteiger partial charge in [-0.15, -0.1) is 0 Å². The summed E-state index contributed by atoms with van der Waals surface area (Å²) in [5.41, 5.74) is 1.61. The zero-order valence-corrected chi connectivity index (χ0v) is 14.4. The second-order valence-electron chi connectivity index (χ2n) is 6.27. The summed E-state index contributed by atoms with van der Waals surface area (Å²) >= 11 is 0. The third-order valence-electron chi connectivity index (χ3n) is 4.38. The lowest BCUT2D eigenvalue weighted by Gasteiger charge is -2.24. The van der Waals surface area contributed by atoms with Crippen LogP contribution in [0.4, 0.5) is 10.1 Å². The van der Waals surface area contributed by atoms with Gasteiger partial charge >= 0.3 is 0 Å². The number of hydrogen-bond donors (Lipinski definition) is 1. The molecule has 0 aliphatic carbocycles. The van der Waals surface area contributed by atoms with Gasteiger partial charge in [0.25, 0.3) is 0 Å². The maximum Gasteiger partial charge on any atom is 0.241 e. The molecule has 0 aliphatic rings. The van der Waals surface area contributed by atoms with E-state index in [1.54, 1.807) is 12.1 Å². The molecule has 1 N–H and O–H groups in total. The number of hydrogen-bond acceptors (Lipinski definition) is 2. The molecule has 4 heteroatoms. The van der Waals surface area contributed by atoms with E-state index in [0.29, 0.717) is 12.2 Å². The normalized spacial score (nSPS) is 12.3. The van der Waals surface area contributed by atoms with Crippen molar-refractivity contribution in [1.29, 1.82) is 0 Å². The predicted octanol–water partition coefficient (Wildman–Crippen LogP) is 4.44. The first-order chi connectivity index (χ1) is 12.0. The molecule has 3 nitrogen and oxygen atoms in total. The van der Waals surface area contributed by atoms with Crippen molar-refractivity contribution in [3.8, 4) is 0 Å². The van der Waals surface area contributed by atoms with E-state index in [4.69, 9.17) is 0 Å². The van der Waals surface area contributed by atoms with Gasteiger partial charge in [-0.25, -0.2) is 4.39 Å². The van der Waals surface area contributed by atoms with Gasteiger partial charge in [0.2, 0.25) is 5.91 Å². The van der Waals surface area contributed by atoms with Crippen molar-refractivity contribution >= 4 is 22.4 Å². The van der Waals surface area contributed by atoms with Gasteiger partial charge in [0.1, 0.15) is 5.82 Å². The van der Waals surface area contributed by atoms with Crippen molar-refractivity contribution in [3.05, 3.63) is 78.1 Å². The Morgan fingerprint density at radius 3 is 2.56 bits per heavy atom. The number of anilines is 1. The average Bonchev–Trinajstić information content (AvgIpc) is 2.61. The summed E-state index contributed by atoms with van der Waals surface area (Å²) in [6.45, 7) is 2.50. The lowest BCUT2D eigenvalue weighted by molar-refractivity contribution is -0.120. The summed E-state index contributed by atoms with van der Waals surface area (Å²) in [4.78, 5) is 14.4. The van der Waals surface area contributed by atoms with Crippen LogP contribution in [0.5, 0.6) is 0 Å². The van der Waals surface area contributed by atoms with Gasteiger partial charge in [-0.1, -0.05) is 42.5 Å². The van der Waals surface area contributed by atoms with E-state index in [1.807, 2.05) is 31.0 Å². The Hall–Kier alpha value is -2.72. The second-order valence-corrected chi connectivity index (χ2v) is 6.27. The molecule has 0 radical (unpaired) electrons. The van der Waals surface area contributed by atoms with Crippen LogP contribution in [0, 0.1) is 5.82 Å². The SMILES string of the molecule is C[C@H](C(=O)Nc1cccc(F)c1)N(C)Cc1ccc2ccccc2c1. The summed E-state index contributed by atoms with van der Waals surface area (Å²) in [5, 5.41) is 5.14. The van der Waals surface area contributed by atoms with Gasteiger partial charge in [-0.2, -0.15) is 0 Å². The maximum atomic E-state index is 13.2. The zero-order valence-electron chi connectivity index (χ0n) is 14.4. The molecule has 0 fully saturated rings. The van der Waals surface area contributed by atoms with Crippen LogP contribution < -0.4 is 5.32 Å². The van der Waals surface area contributed by atoms with Crippen LogP contribution in [0.15, 0.2) is 66.7 Å². The smallest absolute Gasteiger partial charge is 0.241 e. The fourth-order valence-corrected chi connectivity index (χ4v) is 2.78. The summed E-state index contributed by atoms with van der Waals surface area (Å²) in [6, 6.07) is 20.1. The molecule has 0 aromatic heterocycles. The average molecular weight is 336 g/mol. The van der Waals surface area contributed by atoms with Crippen LogP contribution in [-0.2, 0) is 11.3 Å². The minimum Gasteiger partial charge on any atom is -0.325 e. The topological polar surface area (TPSA) is 32.3 Å². The molecule has 0 aliphatic heterocycles. The third kappa shape index (κ3) is 4.22. The number of nitrogens with one attached hydrogen (secondary N) is 1. The van der Waals surface area contributed by atoms with E-state index >= 15 is 0 Å². The molecule has 0 saturated heterocycles. The number of carbonyl (C=O) groups is 1. The largest absolute Gasteiger partial charge is 0.325 e. The molecule has 0 bridgehead atoms. The van der Waals surface area contributed by atoms with Gasteiger partial charge in [0, 0.05) is 12.2 Å². The monoisotopic (exact) mass is 336 g/mol. The fourth-order valence-electron chi connectivity index (χ4n) is 2.78. The number of amides is 1. The summed E-state index contributed by atoms with van der Waals surface area (Å²) < 4.78 is 13.2. The highest BCUT2D eigenvalue weighted by Crippen LogP contribution is 2.17. The van der Waals surface area contributed by atoms with Crippen molar-refractivity contribution in [3.63, 3.8) is 0 Å². The Bertz CT molecular complexity index is 894. The van der Waals surface area contributed by atoms with Crippen LogP contribution in [0.3, 0.4) is 0 Å². The minimum atomic E-state index is -0.366. The molecule has 1 atom stereocenters. The molecule has 1 amide bonds. The molecule has 0 unspecified atom stereocenters. The molecule has 25 heavy (non-hydrogen) atoms. The molecule has 0 heterocycles. The standard InChI is InChI=1S/C21H21FN2O/c1-15(21(25)23-20-9-5-8-19(22)13-20)24(2)14-16-10-11-17-6-3-4-7-18(17)12-16/h3-13,15H,14H2,1-2H3,(H,23,25)/t15-/m1/s1. The highest BCUT2D eigenvalue weighted by Gasteiger charge is 2.18. The van der Waals surface area contributed by atoms with Gasteiger partial charge in [-0.05, 0) is 54.6 Å². The molecular formula is C21H21FN2O. The van der Waals surface area contributed by atoms with Crippen LogP contribution in [0.25, 0.3) is 10.8 Å². The van der Waals surface area contributed by atoms with Crippen molar-refractivity contribution in [2.45, 2.75) is 19.5 Å². The molecule has 0 saturated carbocycles. The Morgan fingerprint density at radius 2 is 1.80 bits per heavy atom. The number of benzene rings is 3. The molecule has 3 aromatic rings. The van der Waals surface area contributed by atoms with Gasteiger partial charge in [-0.3, -0.25) is 9.69 Å². The van der Waals surface area contributed by atoms with E-state index in [-0.39, 0.29) is 17.8 Å². The van der Waals surface area contributed by atoms with Gasteiger partial charge in [0.05, 0.1) is 6.04 Å². The Kier molecular flexibility index (Phi) is 5.10. The Labute approximate surface area is 147 Å². The van der Waals surface area contributed by atoms with E-state index in [9.17, 15) is 9.18 Å². The van der Waals surface area contributed by atoms with Crippen molar-refractivity contribution in [2.24, 2.45) is 0 Å². The molecular weight excluding hydrogens is 315 g/mol. The Morgan fingerprint density at radius 1 is 1.04 bits per heavy atom. The summed E-state index contributed by atoms with van der Waals surface area (Å²) in [5.74, 6) is -0.524. The molecule has 0 spiro atoms. The molecule has 3 aromatic carbocycles.